The second-order valence-electron chi connectivity index (χ2n) is 6.30. The van der Waals surface area contributed by atoms with Crippen molar-refractivity contribution < 1.29 is 23.9 Å². The molecule has 1 saturated heterocycles. The zero-order valence-electron chi connectivity index (χ0n) is 16.1. The molecule has 1 aliphatic heterocycles. The largest absolute Gasteiger partial charge is 0.477 e. The van der Waals surface area contributed by atoms with Gasteiger partial charge in [0.15, 0.2) is 6.10 Å². The second-order valence-corrected chi connectivity index (χ2v) is 8.01. The summed E-state index contributed by atoms with van der Waals surface area (Å²) in [5.74, 6) is -1.01. The summed E-state index contributed by atoms with van der Waals surface area (Å²) in [6.45, 7) is 3.57. The number of para-hydroxylation sites is 1. The smallest absolute Gasteiger partial charge is 0.347 e. The predicted octanol–water partition coefficient (Wildman–Crippen LogP) is 4.00. The van der Waals surface area contributed by atoms with Crippen LogP contribution in [0.15, 0.2) is 57.0 Å². The van der Waals surface area contributed by atoms with E-state index in [-0.39, 0.29) is 12.2 Å². The van der Waals surface area contributed by atoms with Crippen LogP contribution < -0.4 is 15.2 Å². The average molecular weight is 538 g/mol. The molecule has 1 atom stereocenters. The fourth-order valence-electron chi connectivity index (χ4n) is 2.74. The topological polar surface area (TPSA) is 84.9 Å². The van der Waals surface area contributed by atoms with Crippen molar-refractivity contribution in [2.75, 3.05) is 11.6 Å². The lowest BCUT2D eigenvalue weighted by Gasteiger charge is -2.16. The van der Waals surface area contributed by atoms with Crippen molar-refractivity contribution in [3.8, 4) is 5.75 Å². The van der Waals surface area contributed by atoms with Crippen molar-refractivity contribution in [3.05, 3.63) is 62.5 Å². The number of carbonyl (C=O) groups is 3. The quantitative estimate of drug-likeness (QED) is 0.342. The molecule has 9 heteroatoms. The third kappa shape index (κ3) is 4.73. The van der Waals surface area contributed by atoms with Crippen LogP contribution in [-0.2, 0) is 19.1 Å². The average Bonchev–Trinajstić information content (AvgIpc) is 2.99. The van der Waals surface area contributed by atoms with Crippen molar-refractivity contribution in [2.24, 2.45) is 0 Å². The first-order valence-corrected chi connectivity index (χ1v) is 10.6. The van der Waals surface area contributed by atoms with Crippen LogP contribution in [0, 0.1) is 0 Å². The normalized spacial score (nSPS) is 15.9. The van der Waals surface area contributed by atoms with Crippen LogP contribution in [0.1, 0.15) is 19.4 Å². The predicted molar refractivity (Wildman–Crippen MR) is 119 cm³/mol. The van der Waals surface area contributed by atoms with Gasteiger partial charge in [-0.3, -0.25) is 15.0 Å². The fraction of sp³-hybridized carbons (Fsp3) is 0.190. The summed E-state index contributed by atoms with van der Waals surface area (Å²) in [6.07, 6.45) is 0.692. The summed E-state index contributed by atoms with van der Waals surface area (Å²) >= 11 is 6.82. The molecule has 0 unspecified atom stereocenters. The number of nitrogens with zero attached hydrogens (tertiary/aromatic N) is 1. The van der Waals surface area contributed by atoms with Crippen LogP contribution in [-0.4, -0.2) is 30.5 Å². The number of nitrogens with one attached hydrogen (secondary N) is 1. The van der Waals surface area contributed by atoms with Gasteiger partial charge in [0.2, 0.25) is 0 Å². The molecule has 1 fully saturated rings. The van der Waals surface area contributed by atoms with Crippen LogP contribution >= 0.6 is 31.9 Å². The number of hydrazine groups is 1. The third-order valence-corrected chi connectivity index (χ3v) is 5.33. The maximum atomic E-state index is 12.7. The number of benzene rings is 2. The van der Waals surface area contributed by atoms with Crippen LogP contribution in [0.2, 0.25) is 0 Å². The minimum absolute atomic E-state index is 0.00575. The molecule has 2 aromatic rings. The Balaban J connectivity index is 1.85. The van der Waals surface area contributed by atoms with Crippen LogP contribution in [0.25, 0.3) is 6.08 Å². The van der Waals surface area contributed by atoms with Gasteiger partial charge in [-0.15, -0.1) is 0 Å². The highest BCUT2D eigenvalue weighted by Gasteiger charge is 2.34. The Labute approximate surface area is 190 Å². The molecule has 0 aliphatic carbocycles. The molecule has 2 aromatic carbocycles. The molecule has 156 valence electrons. The van der Waals surface area contributed by atoms with Crippen molar-refractivity contribution in [2.45, 2.75) is 20.0 Å². The fourth-order valence-corrected chi connectivity index (χ4v) is 4.15. The summed E-state index contributed by atoms with van der Waals surface area (Å²) in [7, 11) is 0. The van der Waals surface area contributed by atoms with Crippen molar-refractivity contribution in [3.63, 3.8) is 0 Å². The van der Waals surface area contributed by atoms with E-state index in [0.717, 1.165) is 0 Å². The minimum Gasteiger partial charge on any atom is -0.477 e. The van der Waals surface area contributed by atoms with E-state index >= 15 is 0 Å². The molecule has 30 heavy (non-hydrogen) atoms. The molecule has 2 amide bonds. The first-order valence-electron chi connectivity index (χ1n) is 9.06. The molecule has 1 heterocycles. The highest BCUT2D eigenvalue weighted by molar-refractivity contribution is 9.11. The van der Waals surface area contributed by atoms with Gasteiger partial charge in [-0.2, -0.15) is 0 Å². The summed E-state index contributed by atoms with van der Waals surface area (Å²) < 4.78 is 11.7. The SMILES string of the molecule is CCOC(=O)[C@H](C)Oc1c(Br)cc(/C=C2/C(=O)NN(c3ccccc3)C2=O)cc1Br. The summed E-state index contributed by atoms with van der Waals surface area (Å²) in [6, 6.07) is 12.2. The van der Waals surface area contributed by atoms with E-state index in [0.29, 0.717) is 25.9 Å². The Hall–Kier alpha value is -2.65. The lowest BCUT2D eigenvalue weighted by atomic mass is 10.1. The van der Waals surface area contributed by atoms with Crippen LogP contribution in [0.5, 0.6) is 5.75 Å². The van der Waals surface area contributed by atoms with Crippen LogP contribution in [0.4, 0.5) is 5.69 Å². The highest BCUT2D eigenvalue weighted by Crippen LogP contribution is 2.36. The number of anilines is 1. The van der Waals surface area contributed by atoms with Crippen molar-refractivity contribution in [1.82, 2.24) is 5.43 Å². The molecule has 1 N–H and O–H groups in total. The van der Waals surface area contributed by atoms with Gasteiger partial charge in [0.25, 0.3) is 11.8 Å². The van der Waals surface area contributed by atoms with E-state index < -0.39 is 23.9 Å². The van der Waals surface area contributed by atoms with Gasteiger partial charge >= 0.3 is 5.97 Å². The Morgan fingerprint density at radius 3 is 2.40 bits per heavy atom. The van der Waals surface area contributed by atoms with E-state index in [1.807, 2.05) is 6.07 Å². The van der Waals surface area contributed by atoms with E-state index in [4.69, 9.17) is 9.47 Å². The monoisotopic (exact) mass is 536 g/mol. The number of ether oxygens (including phenoxy) is 2. The molecule has 3 rings (SSSR count). The number of carbonyl (C=O) groups excluding carboxylic acids is 3. The van der Waals surface area contributed by atoms with Gasteiger partial charge in [0.05, 0.1) is 21.2 Å². The van der Waals surface area contributed by atoms with Gasteiger partial charge in [0.1, 0.15) is 11.3 Å². The summed E-state index contributed by atoms with van der Waals surface area (Å²) in [5, 5.41) is 1.21. The molecule has 0 radical (unpaired) electrons. The molecule has 7 nitrogen and oxygen atoms in total. The summed E-state index contributed by atoms with van der Waals surface area (Å²) in [5.41, 5.74) is 3.73. The summed E-state index contributed by atoms with van der Waals surface area (Å²) in [4.78, 5) is 36.9. The Morgan fingerprint density at radius 2 is 1.80 bits per heavy atom. The lowest BCUT2D eigenvalue weighted by Crippen LogP contribution is -2.35. The molecule has 0 saturated carbocycles. The number of halogens is 2. The number of esters is 1. The maximum Gasteiger partial charge on any atom is 0.347 e. The van der Waals surface area contributed by atoms with E-state index in [2.05, 4.69) is 37.3 Å². The number of rotatable bonds is 6. The van der Waals surface area contributed by atoms with Gasteiger partial charge in [-0.05, 0) is 81.6 Å². The first-order chi connectivity index (χ1) is 14.3. The molecule has 0 spiro atoms. The molecule has 0 bridgehead atoms. The highest BCUT2D eigenvalue weighted by atomic mass is 79.9. The van der Waals surface area contributed by atoms with E-state index in [1.165, 1.54) is 11.1 Å². The van der Waals surface area contributed by atoms with Gasteiger partial charge in [0, 0.05) is 0 Å². The number of hydrogen-bond donors (Lipinski definition) is 1. The maximum absolute atomic E-state index is 12.7. The Kier molecular flexibility index (Phi) is 6.94. The van der Waals surface area contributed by atoms with Gasteiger partial charge < -0.3 is 9.47 Å². The number of amides is 2. The third-order valence-electron chi connectivity index (χ3n) is 4.15. The Morgan fingerprint density at radius 1 is 1.17 bits per heavy atom. The van der Waals surface area contributed by atoms with Crippen molar-refractivity contribution >= 4 is 61.4 Å². The zero-order valence-corrected chi connectivity index (χ0v) is 19.3. The van der Waals surface area contributed by atoms with E-state index in [1.54, 1.807) is 50.2 Å². The standard InChI is InChI=1S/C21H18Br2N2O5/c1-3-29-21(28)12(2)30-18-16(22)10-13(11-17(18)23)9-15-19(26)24-25(20(15)27)14-7-5-4-6-8-14/h4-12H,3H2,1-2H3,(H,24,26)/b15-9-/t12-/m0/s1. The number of hydrogen-bond acceptors (Lipinski definition) is 5. The molecule has 0 aromatic heterocycles. The van der Waals surface area contributed by atoms with Gasteiger partial charge in [-0.25, -0.2) is 9.80 Å². The molecular weight excluding hydrogens is 520 g/mol. The minimum atomic E-state index is -0.802. The van der Waals surface area contributed by atoms with Gasteiger partial charge in [-0.1, -0.05) is 18.2 Å². The molecular formula is C21H18Br2N2O5. The first kappa shape index (κ1) is 22.0. The van der Waals surface area contributed by atoms with Crippen LogP contribution in [0.3, 0.4) is 0 Å². The Bertz CT molecular complexity index is 1000. The lowest BCUT2D eigenvalue weighted by molar-refractivity contribution is -0.150. The zero-order chi connectivity index (χ0) is 21.8. The molecule has 1 aliphatic rings. The van der Waals surface area contributed by atoms with E-state index in [9.17, 15) is 14.4 Å². The van der Waals surface area contributed by atoms with Crippen molar-refractivity contribution in [1.29, 1.82) is 0 Å². The second kappa shape index (κ2) is 9.44.